The van der Waals surface area contributed by atoms with E-state index in [-0.39, 0.29) is 23.3 Å². The summed E-state index contributed by atoms with van der Waals surface area (Å²) < 4.78 is 0. The number of carboxylic acid groups (broad SMARTS) is 1. The summed E-state index contributed by atoms with van der Waals surface area (Å²) in [6.45, 7) is 6.63. The predicted molar refractivity (Wildman–Crippen MR) is 63.4 cm³/mol. The zero-order chi connectivity index (χ0) is 12.8. The van der Waals surface area contributed by atoms with Gasteiger partial charge in [-0.2, -0.15) is 0 Å². The Morgan fingerprint density at radius 1 is 1.47 bits per heavy atom. The number of likely N-dealkylation sites (tertiary alicyclic amines) is 1. The van der Waals surface area contributed by atoms with E-state index in [4.69, 9.17) is 0 Å². The highest BCUT2D eigenvalue weighted by Gasteiger charge is 2.46. The molecule has 0 spiro atoms. The summed E-state index contributed by atoms with van der Waals surface area (Å²) in [6, 6.07) is -0.179. The second-order valence-corrected chi connectivity index (χ2v) is 6.12. The fraction of sp³-hybridized carbons (Fsp3) is 0.846. The molecule has 0 radical (unpaired) electrons. The van der Waals surface area contributed by atoms with E-state index in [0.717, 1.165) is 19.4 Å². The molecule has 2 fully saturated rings. The molecule has 1 N–H and O–H groups in total. The van der Waals surface area contributed by atoms with Crippen LogP contribution >= 0.6 is 0 Å². The molecular formula is C13H21NO3. The minimum Gasteiger partial charge on any atom is -0.481 e. The molecule has 2 rings (SSSR count). The summed E-state index contributed by atoms with van der Waals surface area (Å²) >= 11 is 0. The molecule has 4 heteroatoms. The van der Waals surface area contributed by atoms with E-state index in [1.54, 1.807) is 4.90 Å². The molecule has 0 bridgehead atoms. The average Bonchev–Trinajstić information content (AvgIpc) is 2.90. The lowest BCUT2D eigenvalue weighted by Crippen LogP contribution is -2.54. The molecule has 3 unspecified atom stereocenters. The number of carbonyl (C=O) groups is 2. The van der Waals surface area contributed by atoms with E-state index < -0.39 is 11.9 Å². The molecule has 1 saturated heterocycles. The smallest absolute Gasteiger partial charge is 0.308 e. The van der Waals surface area contributed by atoms with Gasteiger partial charge >= 0.3 is 5.97 Å². The van der Waals surface area contributed by atoms with Crippen LogP contribution in [-0.4, -0.2) is 34.5 Å². The Morgan fingerprint density at radius 3 is 2.53 bits per heavy atom. The second kappa shape index (κ2) is 4.00. The summed E-state index contributed by atoms with van der Waals surface area (Å²) in [5.74, 6) is -1.13. The number of hydrogen-bond acceptors (Lipinski definition) is 2. The standard InChI is InChI=1S/C13H21NO3/c1-8-6-10(15)14(7-13(3)4-5-13)9(2)11(8)12(16)17/h8-9,11H,4-7H2,1-3H3,(H,16,17). The minimum absolute atomic E-state index is 0.0572. The van der Waals surface area contributed by atoms with Gasteiger partial charge in [0, 0.05) is 19.0 Å². The van der Waals surface area contributed by atoms with Crippen molar-refractivity contribution in [3.63, 3.8) is 0 Å². The van der Waals surface area contributed by atoms with Crippen LogP contribution < -0.4 is 0 Å². The lowest BCUT2D eigenvalue weighted by atomic mass is 9.80. The number of amides is 1. The van der Waals surface area contributed by atoms with Gasteiger partial charge in [0.25, 0.3) is 0 Å². The largest absolute Gasteiger partial charge is 0.481 e. The van der Waals surface area contributed by atoms with Crippen molar-refractivity contribution < 1.29 is 14.7 Å². The highest BCUT2D eigenvalue weighted by molar-refractivity contribution is 5.82. The third-order valence-electron chi connectivity index (χ3n) is 4.38. The molecule has 0 aromatic heterocycles. The van der Waals surface area contributed by atoms with Gasteiger partial charge < -0.3 is 10.0 Å². The SMILES string of the molecule is CC1CC(=O)N(CC2(C)CC2)C(C)C1C(=O)O. The van der Waals surface area contributed by atoms with E-state index in [1.165, 1.54) is 0 Å². The van der Waals surface area contributed by atoms with Gasteiger partial charge in [-0.15, -0.1) is 0 Å². The van der Waals surface area contributed by atoms with Gasteiger partial charge in [0.05, 0.1) is 5.92 Å². The van der Waals surface area contributed by atoms with Crippen LogP contribution in [0.1, 0.15) is 40.0 Å². The van der Waals surface area contributed by atoms with Crippen LogP contribution in [0.3, 0.4) is 0 Å². The molecule has 0 aromatic carbocycles. The van der Waals surface area contributed by atoms with Crippen LogP contribution in [0.15, 0.2) is 0 Å². The Hall–Kier alpha value is -1.06. The van der Waals surface area contributed by atoms with Crippen molar-refractivity contribution >= 4 is 11.9 Å². The van der Waals surface area contributed by atoms with Crippen molar-refractivity contribution in [1.82, 2.24) is 4.90 Å². The first-order valence-corrected chi connectivity index (χ1v) is 6.36. The number of carbonyl (C=O) groups excluding carboxylic acids is 1. The molecule has 2 aliphatic rings. The van der Waals surface area contributed by atoms with Crippen LogP contribution in [0.4, 0.5) is 0 Å². The normalized spacial score (nSPS) is 35.8. The Balaban J connectivity index is 2.14. The molecule has 96 valence electrons. The fourth-order valence-electron chi connectivity index (χ4n) is 2.88. The maximum absolute atomic E-state index is 12.0. The molecule has 4 nitrogen and oxygen atoms in total. The maximum Gasteiger partial charge on any atom is 0.308 e. The molecule has 0 aromatic rings. The Labute approximate surface area is 102 Å². The molecule has 1 heterocycles. The third-order valence-corrected chi connectivity index (χ3v) is 4.38. The highest BCUT2D eigenvalue weighted by atomic mass is 16.4. The number of piperidine rings is 1. The van der Waals surface area contributed by atoms with Gasteiger partial charge in [-0.25, -0.2) is 0 Å². The molecule has 17 heavy (non-hydrogen) atoms. The fourth-order valence-corrected chi connectivity index (χ4v) is 2.88. The first-order chi connectivity index (χ1) is 7.84. The van der Waals surface area contributed by atoms with E-state index >= 15 is 0 Å². The highest BCUT2D eigenvalue weighted by Crippen LogP contribution is 2.47. The molecule has 1 saturated carbocycles. The van der Waals surface area contributed by atoms with Crippen LogP contribution in [0, 0.1) is 17.3 Å². The summed E-state index contributed by atoms with van der Waals surface area (Å²) in [5, 5.41) is 9.26. The van der Waals surface area contributed by atoms with Gasteiger partial charge in [0.1, 0.15) is 0 Å². The predicted octanol–water partition coefficient (Wildman–Crippen LogP) is 1.74. The maximum atomic E-state index is 12.0. The molecule has 3 atom stereocenters. The van der Waals surface area contributed by atoms with Gasteiger partial charge in [-0.1, -0.05) is 13.8 Å². The summed E-state index contributed by atoms with van der Waals surface area (Å²) in [5.41, 5.74) is 0.244. The van der Waals surface area contributed by atoms with Gasteiger partial charge in [-0.3, -0.25) is 9.59 Å². The van der Waals surface area contributed by atoms with Crippen molar-refractivity contribution in [3.05, 3.63) is 0 Å². The van der Waals surface area contributed by atoms with Crippen molar-refractivity contribution in [2.24, 2.45) is 17.3 Å². The van der Waals surface area contributed by atoms with Crippen molar-refractivity contribution in [1.29, 1.82) is 0 Å². The summed E-state index contributed by atoms with van der Waals surface area (Å²) in [7, 11) is 0. The Kier molecular flexibility index (Phi) is 2.92. The molecule has 1 amide bonds. The zero-order valence-corrected chi connectivity index (χ0v) is 10.8. The monoisotopic (exact) mass is 239 g/mol. The Morgan fingerprint density at radius 2 is 2.06 bits per heavy atom. The van der Waals surface area contributed by atoms with Crippen LogP contribution in [0.2, 0.25) is 0 Å². The Bertz CT molecular complexity index is 349. The third kappa shape index (κ3) is 2.31. The van der Waals surface area contributed by atoms with E-state index in [2.05, 4.69) is 6.92 Å². The lowest BCUT2D eigenvalue weighted by molar-refractivity contribution is -0.155. The zero-order valence-electron chi connectivity index (χ0n) is 10.8. The number of hydrogen-bond donors (Lipinski definition) is 1. The molecule has 1 aliphatic heterocycles. The minimum atomic E-state index is -0.775. The lowest BCUT2D eigenvalue weighted by Gasteiger charge is -2.42. The summed E-state index contributed by atoms with van der Waals surface area (Å²) in [4.78, 5) is 25.1. The van der Waals surface area contributed by atoms with Crippen LogP contribution in [-0.2, 0) is 9.59 Å². The van der Waals surface area contributed by atoms with E-state index in [9.17, 15) is 14.7 Å². The number of aliphatic carboxylic acids is 1. The van der Waals surface area contributed by atoms with Crippen molar-refractivity contribution in [3.8, 4) is 0 Å². The first kappa shape index (κ1) is 12.4. The van der Waals surface area contributed by atoms with Crippen molar-refractivity contribution in [2.45, 2.75) is 46.1 Å². The van der Waals surface area contributed by atoms with Gasteiger partial charge in [-0.05, 0) is 31.1 Å². The topological polar surface area (TPSA) is 57.6 Å². The van der Waals surface area contributed by atoms with Crippen LogP contribution in [0.5, 0.6) is 0 Å². The number of carboxylic acids is 1. The summed E-state index contributed by atoms with van der Waals surface area (Å²) in [6.07, 6.45) is 2.67. The van der Waals surface area contributed by atoms with Crippen LogP contribution in [0.25, 0.3) is 0 Å². The second-order valence-electron chi connectivity index (χ2n) is 6.12. The average molecular weight is 239 g/mol. The van der Waals surface area contributed by atoms with Crippen molar-refractivity contribution in [2.75, 3.05) is 6.54 Å². The number of rotatable bonds is 3. The van der Waals surface area contributed by atoms with Gasteiger partial charge in [0.15, 0.2) is 0 Å². The van der Waals surface area contributed by atoms with E-state index in [1.807, 2.05) is 13.8 Å². The molecule has 1 aliphatic carbocycles. The number of nitrogens with zero attached hydrogens (tertiary/aromatic N) is 1. The van der Waals surface area contributed by atoms with Gasteiger partial charge in [0.2, 0.25) is 5.91 Å². The first-order valence-electron chi connectivity index (χ1n) is 6.36. The quantitative estimate of drug-likeness (QED) is 0.816. The molecular weight excluding hydrogens is 218 g/mol. The van der Waals surface area contributed by atoms with E-state index in [0.29, 0.717) is 6.42 Å².